The zero-order valence-corrected chi connectivity index (χ0v) is 9.16. The Balaban J connectivity index is 4.23. The van der Waals surface area contributed by atoms with Crippen molar-refractivity contribution in [2.45, 2.75) is 39.8 Å². The number of nitrogens with zero attached hydrogens (tertiary/aromatic N) is 1. The van der Waals surface area contributed by atoms with E-state index in [0.717, 1.165) is 12.8 Å². The summed E-state index contributed by atoms with van der Waals surface area (Å²) in [7, 11) is 0. The molecule has 0 heterocycles. The molecule has 0 radical (unpaired) electrons. The van der Waals surface area contributed by atoms with Gasteiger partial charge in [-0.05, 0) is 27.7 Å². The Morgan fingerprint density at radius 1 is 1.23 bits per heavy atom. The van der Waals surface area contributed by atoms with Crippen LogP contribution >= 0.6 is 0 Å². The van der Waals surface area contributed by atoms with Crippen LogP contribution in [-0.4, -0.2) is 29.8 Å². The molecule has 13 heavy (non-hydrogen) atoms. The topological polar surface area (TPSA) is 20.3 Å². The first kappa shape index (κ1) is 12.4. The zero-order valence-electron chi connectivity index (χ0n) is 9.16. The summed E-state index contributed by atoms with van der Waals surface area (Å²) in [5.74, 6) is -0.0372. The van der Waals surface area contributed by atoms with Crippen LogP contribution in [0.25, 0.3) is 0 Å². The molecule has 2 heteroatoms. The van der Waals surface area contributed by atoms with Gasteiger partial charge in [-0.2, -0.15) is 0 Å². The molecule has 76 valence electrons. The van der Waals surface area contributed by atoms with E-state index in [-0.39, 0.29) is 5.92 Å². The number of carbonyl (C=O) groups is 1. The first-order chi connectivity index (χ1) is 6.02. The molecule has 1 unspecified atom stereocenters. The monoisotopic (exact) mass is 183 g/mol. The molecule has 0 fully saturated rings. The van der Waals surface area contributed by atoms with Gasteiger partial charge in [-0.25, -0.2) is 0 Å². The minimum atomic E-state index is -0.0372. The van der Waals surface area contributed by atoms with Gasteiger partial charge in [-0.1, -0.05) is 6.08 Å². The maximum Gasteiger partial charge on any atom is 0.128 e. The highest BCUT2D eigenvalue weighted by Crippen LogP contribution is 2.08. The van der Waals surface area contributed by atoms with Crippen LogP contribution in [0.15, 0.2) is 12.7 Å². The van der Waals surface area contributed by atoms with Gasteiger partial charge in [0.15, 0.2) is 0 Å². The van der Waals surface area contributed by atoms with Crippen LogP contribution in [0.2, 0.25) is 0 Å². The molecule has 2 nitrogen and oxygen atoms in total. The van der Waals surface area contributed by atoms with Crippen LogP contribution in [0.1, 0.15) is 27.7 Å². The first-order valence-corrected chi connectivity index (χ1v) is 4.86. The van der Waals surface area contributed by atoms with Gasteiger partial charge in [0.1, 0.15) is 6.29 Å². The normalized spacial score (nSPS) is 13.8. The van der Waals surface area contributed by atoms with E-state index in [2.05, 4.69) is 39.2 Å². The van der Waals surface area contributed by atoms with Crippen molar-refractivity contribution in [2.24, 2.45) is 5.92 Å². The van der Waals surface area contributed by atoms with Gasteiger partial charge < -0.3 is 4.79 Å². The lowest BCUT2D eigenvalue weighted by molar-refractivity contribution is -0.110. The lowest BCUT2D eigenvalue weighted by Gasteiger charge is -2.31. The molecule has 0 N–H and O–H groups in total. The van der Waals surface area contributed by atoms with Gasteiger partial charge >= 0.3 is 0 Å². The Labute approximate surface area is 81.6 Å². The van der Waals surface area contributed by atoms with Crippen LogP contribution in [0.4, 0.5) is 0 Å². The molecular formula is C11H21NO. The summed E-state index contributed by atoms with van der Waals surface area (Å²) >= 11 is 0. The molecule has 0 aromatic carbocycles. The van der Waals surface area contributed by atoms with E-state index in [0.29, 0.717) is 12.1 Å². The summed E-state index contributed by atoms with van der Waals surface area (Å²) in [5.41, 5.74) is 0. The van der Waals surface area contributed by atoms with Crippen molar-refractivity contribution in [3.05, 3.63) is 12.7 Å². The van der Waals surface area contributed by atoms with E-state index in [1.165, 1.54) is 0 Å². The van der Waals surface area contributed by atoms with Gasteiger partial charge in [0, 0.05) is 24.5 Å². The highest BCUT2D eigenvalue weighted by molar-refractivity contribution is 5.56. The molecule has 0 amide bonds. The number of rotatable bonds is 6. The van der Waals surface area contributed by atoms with Crippen molar-refractivity contribution in [3.63, 3.8) is 0 Å². The second-order valence-corrected chi connectivity index (χ2v) is 3.92. The summed E-state index contributed by atoms with van der Waals surface area (Å²) in [6.07, 6.45) is 2.68. The van der Waals surface area contributed by atoms with E-state index in [4.69, 9.17) is 0 Å². The standard InChI is InChI=1S/C11H21NO/c1-6-11(8-13)7-12(9(2)3)10(4)5/h6,8-11H,1,7H2,2-5H3. The Morgan fingerprint density at radius 3 is 1.92 bits per heavy atom. The summed E-state index contributed by atoms with van der Waals surface area (Å²) in [4.78, 5) is 12.9. The van der Waals surface area contributed by atoms with Gasteiger partial charge in [-0.3, -0.25) is 4.90 Å². The molecule has 0 saturated heterocycles. The van der Waals surface area contributed by atoms with E-state index >= 15 is 0 Å². The Bertz CT molecular complexity index is 147. The highest BCUT2D eigenvalue weighted by Gasteiger charge is 2.16. The molecule has 0 rings (SSSR count). The molecule has 0 spiro atoms. The molecule has 0 aliphatic rings. The van der Waals surface area contributed by atoms with Crippen molar-refractivity contribution in [3.8, 4) is 0 Å². The second kappa shape index (κ2) is 5.92. The highest BCUT2D eigenvalue weighted by atomic mass is 16.1. The second-order valence-electron chi connectivity index (χ2n) is 3.92. The minimum Gasteiger partial charge on any atom is -0.303 e. The molecule has 0 aliphatic carbocycles. The Hall–Kier alpha value is -0.630. The third kappa shape index (κ3) is 4.23. The summed E-state index contributed by atoms with van der Waals surface area (Å²) < 4.78 is 0. The number of hydrogen-bond acceptors (Lipinski definition) is 2. The van der Waals surface area contributed by atoms with Crippen LogP contribution in [-0.2, 0) is 4.79 Å². The molecule has 0 aliphatic heterocycles. The predicted molar refractivity (Wildman–Crippen MR) is 56.7 cm³/mol. The van der Waals surface area contributed by atoms with Crippen molar-refractivity contribution < 1.29 is 4.79 Å². The Kier molecular flexibility index (Phi) is 5.63. The average molecular weight is 183 g/mol. The fourth-order valence-electron chi connectivity index (χ4n) is 1.43. The lowest BCUT2D eigenvalue weighted by atomic mass is 10.1. The lowest BCUT2D eigenvalue weighted by Crippen LogP contribution is -2.40. The molecule has 0 aromatic rings. The average Bonchev–Trinajstić information content (AvgIpc) is 2.05. The fraction of sp³-hybridized carbons (Fsp3) is 0.727. The van der Waals surface area contributed by atoms with E-state index < -0.39 is 0 Å². The van der Waals surface area contributed by atoms with Crippen molar-refractivity contribution in [1.29, 1.82) is 0 Å². The van der Waals surface area contributed by atoms with Crippen molar-refractivity contribution in [2.75, 3.05) is 6.54 Å². The molecule has 0 aromatic heterocycles. The maximum absolute atomic E-state index is 10.6. The van der Waals surface area contributed by atoms with E-state index in [1.807, 2.05) is 0 Å². The minimum absolute atomic E-state index is 0.0372. The smallest absolute Gasteiger partial charge is 0.128 e. The van der Waals surface area contributed by atoms with Gasteiger partial charge in [-0.15, -0.1) is 6.58 Å². The van der Waals surface area contributed by atoms with E-state index in [1.54, 1.807) is 6.08 Å². The third-order valence-corrected chi connectivity index (χ3v) is 2.23. The maximum atomic E-state index is 10.6. The summed E-state index contributed by atoms with van der Waals surface area (Å²) in [6.45, 7) is 13.0. The quantitative estimate of drug-likeness (QED) is 0.464. The van der Waals surface area contributed by atoms with Crippen LogP contribution in [0, 0.1) is 5.92 Å². The number of hydrogen-bond donors (Lipinski definition) is 0. The SMILES string of the molecule is C=CC(C=O)CN(C(C)C)C(C)C. The van der Waals surface area contributed by atoms with Gasteiger partial charge in [0.2, 0.25) is 0 Å². The van der Waals surface area contributed by atoms with Crippen LogP contribution < -0.4 is 0 Å². The summed E-state index contributed by atoms with van der Waals surface area (Å²) in [5, 5.41) is 0. The van der Waals surface area contributed by atoms with Crippen molar-refractivity contribution >= 4 is 6.29 Å². The number of carbonyl (C=O) groups excluding carboxylic acids is 1. The van der Waals surface area contributed by atoms with Crippen LogP contribution in [0.3, 0.4) is 0 Å². The van der Waals surface area contributed by atoms with E-state index in [9.17, 15) is 4.79 Å². The predicted octanol–water partition coefficient (Wildman–Crippen LogP) is 2.11. The molecular weight excluding hydrogens is 162 g/mol. The molecule has 0 bridgehead atoms. The van der Waals surface area contributed by atoms with Gasteiger partial charge in [0.25, 0.3) is 0 Å². The van der Waals surface area contributed by atoms with Crippen molar-refractivity contribution in [1.82, 2.24) is 4.90 Å². The first-order valence-electron chi connectivity index (χ1n) is 4.86. The largest absolute Gasteiger partial charge is 0.303 e. The third-order valence-electron chi connectivity index (χ3n) is 2.23. The zero-order chi connectivity index (χ0) is 10.4. The van der Waals surface area contributed by atoms with Gasteiger partial charge in [0.05, 0.1) is 0 Å². The molecule has 0 saturated carbocycles. The summed E-state index contributed by atoms with van der Waals surface area (Å²) in [6, 6.07) is 0.949. The molecule has 1 atom stereocenters. The van der Waals surface area contributed by atoms with Crippen LogP contribution in [0.5, 0.6) is 0 Å². The fourth-order valence-corrected chi connectivity index (χ4v) is 1.43. The Morgan fingerprint density at radius 2 is 1.69 bits per heavy atom. The number of aldehydes is 1.